The zero-order valence-electron chi connectivity index (χ0n) is 12.0. The second kappa shape index (κ2) is 7.90. The normalized spacial score (nSPS) is 17.2. The highest BCUT2D eigenvalue weighted by molar-refractivity contribution is 7.99. The van der Waals surface area contributed by atoms with E-state index in [1.807, 2.05) is 0 Å². The SMILES string of the molecule is CC(C)NCCCc1nnc(CC2CCSCC2)o1. The van der Waals surface area contributed by atoms with Crippen LogP contribution in [0.3, 0.4) is 0 Å². The van der Waals surface area contributed by atoms with Gasteiger partial charge in [0.2, 0.25) is 11.8 Å². The summed E-state index contributed by atoms with van der Waals surface area (Å²) in [6.45, 7) is 5.33. The first kappa shape index (κ1) is 14.9. The Labute approximate surface area is 120 Å². The molecule has 5 heteroatoms. The number of aryl methyl sites for hydroxylation is 1. The maximum atomic E-state index is 5.74. The van der Waals surface area contributed by atoms with Crippen LogP contribution in [0, 0.1) is 5.92 Å². The smallest absolute Gasteiger partial charge is 0.216 e. The van der Waals surface area contributed by atoms with Crippen LogP contribution in [0.1, 0.15) is 44.9 Å². The molecule has 1 fully saturated rings. The summed E-state index contributed by atoms with van der Waals surface area (Å²) in [5.74, 6) is 4.95. The number of aromatic nitrogens is 2. The summed E-state index contributed by atoms with van der Waals surface area (Å²) < 4.78 is 5.74. The zero-order valence-corrected chi connectivity index (χ0v) is 12.8. The highest BCUT2D eigenvalue weighted by atomic mass is 32.2. The molecule has 1 N–H and O–H groups in total. The van der Waals surface area contributed by atoms with E-state index in [-0.39, 0.29) is 0 Å². The molecule has 2 rings (SSSR count). The first-order valence-electron chi connectivity index (χ1n) is 7.36. The molecule has 1 aliphatic heterocycles. The summed E-state index contributed by atoms with van der Waals surface area (Å²) in [6.07, 6.45) is 5.49. The van der Waals surface area contributed by atoms with E-state index in [0.717, 1.165) is 43.5 Å². The Morgan fingerprint density at radius 1 is 1.26 bits per heavy atom. The van der Waals surface area contributed by atoms with Gasteiger partial charge in [-0.2, -0.15) is 11.8 Å². The van der Waals surface area contributed by atoms with Crippen molar-refractivity contribution in [3.8, 4) is 0 Å². The molecule has 0 radical (unpaired) electrons. The maximum absolute atomic E-state index is 5.74. The third kappa shape index (κ3) is 5.53. The Balaban J connectivity index is 1.69. The third-order valence-electron chi connectivity index (χ3n) is 3.43. The molecule has 0 saturated carbocycles. The van der Waals surface area contributed by atoms with Crippen LogP contribution in [-0.4, -0.2) is 34.3 Å². The fraction of sp³-hybridized carbons (Fsp3) is 0.857. The number of rotatable bonds is 7. The highest BCUT2D eigenvalue weighted by Crippen LogP contribution is 2.25. The van der Waals surface area contributed by atoms with Gasteiger partial charge in [-0.3, -0.25) is 0 Å². The van der Waals surface area contributed by atoms with Gasteiger partial charge in [-0.25, -0.2) is 0 Å². The van der Waals surface area contributed by atoms with Crippen molar-refractivity contribution in [2.45, 2.75) is 52.0 Å². The summed E-state index contributed by atoms with van der Waals surface area (Å²) in [4.78, 5) is 0. The summed E-state index contributed by atoms with van der Waals surface area (Å²) >= 11 is 2.06. The molecule has 108 valence electrons. The van der Waals surface area contributed by atoms with Gasteiger partial charge in [0.25, 0.3) is 0 Å². The molecule has 0 unspecified atom stereocenters. The molecule has 0 amide bonds. The predicted molar refractivity (Wildman–Crippen MR) is 79.5 cm³/mol. The van der Waals surface area contributed by atoms with Gasteiger partial charge in [0.05, 0.1) is 0 Å². The van der Waals surface area contributed by atoms with Gasteiger partial charge in [0, 0.05) is 18.9 Å². The molecule has 1 aromatic rings. The van der Waals surface area contributed by atoms with Gasteiger partial charge in [0.15, 0.2) is 0 Å². The summed E-state index contributed by atoms with van der Waals surface area (Å²) in [5.41, 5.74) is 0. The Morgan fingerprint density at radius 3 is 2.74 bits per heavy atom. The van der Waals surface area contributed by atoms with Crippen LogP contribution in [0.2, 0.25) is 0 Å². The van der Waals surface area contributed by atoms with Crippen molar-refractivity contribution in [3.05, 3.63) is 11.8 Å². The molecular weight excluding hydrogens is 258 g/mol. The first-order chi connectivity index (χ1) is 9.24. The van der Waals surface area contributed by atoms with Crippen molar-refractivity contribution >= 4 is 11.8 Å². The molecule has 4 nitrogen and oxygen atoms in total. The van der Waals surface area contributed by atoms with E-state index in [2.05, 4.69) is 41.1 Å². The molecule has 0 spiro atoms. The van der Waals surface area contributed by atoms with Crippen LogP contribution in [0.4, 0.5) is 0 Å². The van der Waals surface area contributed by atoms with Crippen LogP contribution in [0.5, 0.6) is 0 Å². The Morgan fingerprint density at radius 2 is 2.00 bits per heavy atom. The standard InChI is InChI=1S/C14H25N3OS/c1-11(2)15-7-3-4-13-16-17-14(18-13)10-12-5-8-19-9-6-12/h11-12,15H,3-10H2,1-2H3. The lowest BCUT2D eigenvalue weighted by atomic mass is 9.99. The fourth-order valence-corrected chi connectivity index (χ4v) is 3.50. The number of nitrogens with one attached hydrogen (secondary N) is 1. The lowest BCUT2D eigenvalue weighted by Gasteiger charge is -2.19. The lowest BCUT2D eigenvalue weighted by Crippen LogP contribution is -2.23. The highest BCUT2D eigenvalue weighted by Gasteiger charge is 2.17. The van der Waals surface area contributed by atoms with Crippen molar-refractivity contribution in [2.75, 3.05) is 18.1 Å². The van der Waals surface area contributed by atoms with Gasteiger partial charge in [-0.05, 0) is 43.2 Å². The molecule has 0 aliphatic carbocycles. The largest absolute Gasteiger partial charge is 0.425 e. The van der Waals surface area contributed by atoms with Crippen LogP contribution in [0.15, 0.2) is 4.42 Å². The van der Waals surface area contributed by atoms with E-state index in [1.165, 1.54) is 24.3 Å². The molecule has 1 aliphatic rings. The van der Waals surface area contributed by atoms with Gasteiger partial charge in [-0.15, -0.1) is 10.2 Å². The van der Waals surface area contributed by atoms with E-state index in [1.54, 1.807) is 0 Å². The van der Waals surface area contributed by atoms with E-state index < -0.39 is 0 Å². The number of thioether (sulfide) groups is 1. The zero-order chi connectivity index (χ0) is 13.5. The Kier molecular flexibility index (Phi) is 6.17. The van der Waals surface area contributed by atoms with E-state index in [0.29, 0.717) is 6.04 Å². The topological polar surface area (TPSA) is 51.0 Å². The van der Waals surface area contributed by atoms with E-state index in [9.17, 15) is 0 Å². The first-order valence-corrected chi connectivity index (χ1v) is 8.52. The minimum absolute atomic E-state index is 0.544. The molecule has 0 atom stereocenters. The maximum Gasteiger partial charge on any atom is 0.216 e. The monoisotopic (exact) mass is 283 g/mol. The predicted octanol–water partition coefficient (Wildman–Crippen LogP) is 2.69. The minimum atomic E-state index is 0.544. The molecule has 1 aromatic heterocycles. The van der Waals surface area contributed by atoms with E-state index in [4.69, 9.17) is 4.42 Å². The lowest BCUT2D eigenvalue weighted by molar-refractivity contribution is 0.388. The van der Waals surface area contributed by atoms with Gasteiger partial charge < -0.3 is 9.73 Å². The van der Waals surface area contributed by atoms with Crippen LogP contribution >= 0.6 is 11.8 Å². The average molecular weight is 283 g/mol. The number of hydrogen-bond acceptors (Lipinski definition) is 5. The Hall–Kier alpha value is -0.550. The summed E-state index contributed by atoms with van der Waals surface area (Å²) in [5, 5.41) is 11.7. The number of nitrogens with zero attached hydrogens (tertiary/aromatic N) is 2. The Bertz CT molecular complexity index is 361. The second-order valence-corrected chi connectivity index (χ2v) is 6.79. The molecular formula is C14H25N3OS. The van der Waals surface area contributed by atoms with Crippen LogP contribution in [-0.2, 0) is 12.8 Å². The summed E-state index contributed by atoms with van der Waals surface area (Å²) in [7, 11) is 0. The molecule has 1 saturated heterocycles. The summed E-state index contributed by atoms with van der Waals surface area (Å²) in [6, 6.07) is 0.544. The van der Waals surface area contributed by atoms with Crippen molar-refractivity contribution in [3.63, 3.8) is 0 Å². The van der Waals surface area contributed by atoms with Gasteiger partial charge in [-0.1, -0.05) is 13.8 Å². The second-order valence-electron chi connectivity index (χ2n) is 5.56. The van der Waals surface area contributed by atoms with Crippen LogP contribution in [0.25, 0.3) is 0 Å². The third-order valence-corrected chi connectivity index (χ3v) is 4.48. The van der Waals surface area contributed by atoms with Crippen LogP contribution < -0.4 is 5.32 Å². The number of hydrogen-bond donors (Lipinski definition) is 1. The van der Waals surface area contributed by atoms with Gasteiger partial charge in [0.1, 0.15) is 0 Å². The average Bonchev–Trinajstić information content (AvgIpc) is 2.83. The minimum Gasteiger partial charge on any atom is -0.425 e. The molecule has 0 bridgehead atoms. The van der Waals surface area contributed by atoms with Crippen molar-refractivity contribution in [1.29, 1.82) is 0 Å². The van der Waals surface area contributed by atoms with Crippen molar-refractivity contribution in [1.82, 2.24) is 15.5 Å². The quantitative estimate of drug-likeness (QED) is 0.780. The van der Waals surface area contributed by atoms with Gasteiger partial charge >= 0.3 is 0 Å². The molecule has 0 aromatic carbocycles. The van der Waals surface area contributed by atoms with E-state index >= 15 is 0 Å². The fourth-order valence-electron chi connectivity index (χ4n) is 2.30. The van der Waals surface area contributed by atoms with Crippen molar-refractivity contribution in [2.24, 2.45) is 5.92 Å². The van der Waals surface area contributed by atoms with Crippen molar-refractivity contribution < 1.29 is 4.42 Å². The molecule has 2 heterocycles. The molecule has 19 heavy (non-hydrogen) atoms.